The highest BCUT2D eigenvalue weighted by Gasteiger charge is 2.31. The van der Waals surface area contributed by atoms with Crippen molar-refractivity contribution in [3.05, 3.63) is 0 Å². The van der Waals surface area contributed by atoms with E-state index in [0.717, 1.165) is 46.0 Å². The average Bonchev–Trinajstić information content (AvgIpc) is 2.67. The normalized spacial score (nSPS) is 29.0. The Hall–Kier alpha value is -0.160. The summed E-state index contributed by atoms with van der Waals surface area (Å²) < 4.78 is 11.1. The minimum atomic E-state index is 0.0954. The van der Waals surface area contributed by atoms with Crippen LogP contribution in [-0.4, -0.2) is 51.6 Å². The van der Waals surface area contributed by atoms with Gasteiger partial charge in [0, 0.05) is 32.8 Å². The molecule has 2 rings (SSSR count). The molecule has 2 heterocycles. The van der Waals surface area contributed by atoms with Gasteiger partial charge in [0.05, 0.1) is 18.8 Å². The molecule has 2 aliphatic rings. The zero-order valence-corrected chi connectivity index (χ0v) is 9.55. The van der Waals surface area contributed by atoms with E-state index in [4.69, 9.17) is 9.47 Å². The van der Waals surface area contributed by atoms with Gasteiger partial charge in [-0.15, -0.1) is 0 Å². The number of nitrogens with one attached hydrogen (secondary N) is 2. The van der Waals surface area contributed by atoms with E-state index < -0.39 is 0 Å². The largest absolute Gasteiger partial charge is 0.381 e. The van der Waals surface area contributed by atoms with E-state index in [0.29, 0.717) is 5.92 Å². The molecule has 4 nitrogen and oxygen atoms in total. The summed E-state index contributed by atoms with van der Waals surface area (Å²) in [6, 6.07) is 0. The first-order chi connectivity index (χ1) is 7.29. The van der Waals surface area contributed by atoms with Gasteiger partial charge >= 0.3 is 0 Å². The predicted octanol–water partition coefficient (Wildman–Crippen LogP) is -0.00900. The van der Waals surface area contributed by atoms with E-state index in [9.17, 15) is 0 Å². The molecule has 0 amide bonds. The summed E-state index contributed by atoms with van der Waals surface area (Å²) in [5.41, 5.74) is 0.0954. The summed E-state index contributed by atoms with van der Waals surface area (Å²) >= 11 is 0. The molecule has 1 atom stereocenters. The minimum absolute atomic E-state index is 0.0954. The van der Waals surface area contributed by atoms with Crippen molar-refractivity contribution in [3.63, 3.8) is 0 Å². The van der Waals surface area contributed by atoms with Crippen LogP contribution in [0.5, 0.6) is 0 Å². The van der Waals surface area contributed by atoms with E-state index in [1.807, 2.05) is 0 Å². The molecule has 88 valence electrons. The van der Waals surface area contributed by atoms with Crippen LogP contribution in [0.3, 0.4) is 0 Å². The minimum Gasteiger partial charge on any atom is -0.381 e. The van der Waals surface area contributed by atoms with Gasteiger partial charge < -0.3 is 20.1 Å². The maximum atomic E-state index is 5.77. The summed E-state index contributed by atoms with van der Waals surface area (Å²) in [5, 5.41) is 6.65. The third-order valence-electron chi connectivity index (χ3n) is 3.18. The Kier molecular flexibility index (Phi) is 3.97. The second-order valence-electron chi connectivity index (χ2n) is 4.84. The van der Waals surface area contributed by atoms with Crippen LogP contribution in [0, 0.1) is 5.92 Å². The van der Waals surface area contributed by atoms with Crippen LogP contribution in [-0.2, 0) is 9.47 Å². The van der Waals surface area contributed by atoms with Crippen LogP contribution in [0.4, 0.5) is 0 Å². The van der Waals surface area contributed by atoms with Crippen molar-refractivity contribution in [1.29, 1.82) is 0 Å². The lowest BCUT2D eigenvalue weighted by Crippen LogP contribution is -2.59. The predicted molar refractivity (Wildman–Crippen MR) is 59.0 cm³/mol. The fourth-order valence-electron chi connectivity index (χ4n) is 2.00. The summed E-state index contributed by atoms with van der Waals surface area (Å²) in [6.07, 6.45) is 1.20. The molecule has 1 unspecified atom stereocenters. The van der Waals surface area contributed by atoms with Crippen molar-refractivity contribution in [3.8, 4) is 0 Å². The summed E-state index contributed by atoms with van der Waals surface area (Å²) in [7, 11) is 0. The van der Waals surface area contributed by atoms with Crippen molar-refractivity contribution in [2.45, 2.75) is 18.9 Å². The average molecular weight is 214 g/mol. The highest BCUT2D eigenvalue weighted by atomic mass is 16.5. The maximum Gasteiger partial charge on any atom is 0.0902 e. The Morgan fingerprint density at radius 3 is 3.00 bits per heavy atom. The van der Waals surface area contributed by atoms with Crippen molar-refractivity contribution in [2.24, 2.45) is 5.92 Å². The van der Waals surface area contributed by atoms with E-state index in [-0.39, 0.29) is 5.60 Å². The van der Waals surface area contributed by atoms with E-state index in [2.05, 4.69) is 17.6 Å². The zero-order valence-electron chi connectivity index (χ0n) is 9.55. The van der Waals surface area contributed by atoms with E-state index >= 15 is 0 Å². The zero-order chi connectivity index (χ0) is 10.6. The molecule has 2 saturated heterocycles. The molecule has 2 fully saturated rings. The van der Waals surface area contributed by atoms with Crippen molar-refractivity contribution < 1.29 is 9.47 Å². The van der Waals surface area contributed by atoms with Gasteiger partial charge in [0.25, 0.3) is 0 Å². The molecular formula is C11H22N2O2. The Morgan fingerprint density at radius 2 is 2.40 bits per heavy atom. The summed E-state index contributed by atoms with van der Waals surface area (Å²) in [6.45, 7) is 8.83. The molecule has 0 spiro atoms. The molecule has 4 heteroatoms. The van der Waals surface area contributed by atoms with E-state index in [1.54, 1.807) is 0 Å². The van der Waals surface area contributed by atoms with Gasteiger partial charge in [-0.05, 0) is 19.3 Å². The molecule has 2 N–H and O–H groups in total. The molecule has 0 aromatic rings. The molecule has 0 radical (unpaired) electrons. The first kappa shape index (κ1) is 11.3. The Bertz CT molecular complexity index is 189. The third kappa shape index (κ3) is 3.41. The van der Waals surface area contributed by atoms with Crippen LogP contribution < -0.4 is 10.6 Å². The monoisotopic (exact) mass is 214 g/mol. The second-order valence-corrected chi connectivity index (χ2v) is 4.84. The van der Waals surface area contributed by atoms with Crippen LogP contribution >= 0.6 is 0 Å². The summed E-state index contributed by atoms with van der Waals surface area (Å²) in [4.78, 5) is 0. The smallest absolute Gasteiger partial charge is 0.0902 e. The topological polar surface area (TPSA) is 42.5 Å². The first-order valence-corrected chi connectivity index (χ1v) is 5.92. The van der Waals surface area contributed by atoms with Gasteiger partial charge in [0.1, 0.15) is 0 Å². The Morgan fingerprint density at radius 1 is 1.53 bits per heavy atom. The van der Waals surface area contributed by atoms with E-state index in [1.165, 1.54) is 6.42 Å². The van der Waals surface area contributed by atoms with Crippen LogP contribution in [0.2, 0.25) is 0 Å². The van der Waals surface area contributed by atoms with Gasteiger partial charge in [-0.3, -0.25) is 0 Å². The molecule has 2 aliphatic heterocycles. The lowest BCUT2D eigenvalue weighted by atomic mass is 10.0. The van der Waals surface area contributed by atoms with Crippen LogP contribution in [0.1, 0.15) is 13.3 Å². The summed E-state index contributed by atoms with van der Waals surface area (Å²) in [5.74, 6) is 0.714. The molecule has 0 aromatic heterocycles. The van der Waals surface area contributed by atoms with Crippen LogP contribution in [0.25, 0.3) is 0 Å². The number of ether oxygens (including phenoxy) is 2. The van der Waals surface area contributed by atoms with Crippen molar-refractivity contribution in [1.82, 2.24) is 10.6 Å². The molecular weight excluding hydrogens is 192 g/mol. The third-order valence-corrected chi connectivity index (χ3v) is 3.18. The highest BCUT2D eigenvalue weighted by molar-refractivity contribution is 4.90. The molecule has 15 heavy (non-hydrogen) atoms. The number of hydrogen-bond donors (Lipinski definition) is 2. The number of hydrogen-bond acceptors (Lipinski definition) is 4. The lowest BCUT2D eigenvalue weighted by molar-refractivity contribution is -0.0649. The van der Waals surface area contributed by atoms with Gasteiger partial charge in [-0.2, -0.15) is 0 Å². The lowest BCUT2D eigenvalue weighted by Gasteiger charge is -2.39. The highest BCUT2D eigenvalue weighted by Crippen LogP contribution is 2.14. The number of rotatable bonds is 6. The Labute approximate surface area is 91.7 Å². The second kappa shape index (κ2) is 5.25. The van der Waals surface area contributed by atoms with Gasteiger partial charge in [-0.25, -0.2) is 0 Å². The first-order valence-electron chi connectivity index (χ1n) is 5.92. The van der Waals surface area contributed by atoms with Gasteiger partial charge in [-0.1, -0.05) is 0 Å². The maximum absolute atomic E-state index is 5.77. The van der Waals surface area contributed by atoms with Crippen molar-refractivity contribution in [2.75, 3.05) is 46.0 Å². The quantitative estimate of drug-likeness (QED) is 0.610. The van der Waals surface area contributed by atoms with Gasteiger partial charge in [0.2, 0.25) is 0 Å². The fourth-order valence-corrected chi connectivity index (χ4v) is 2.00. The standard InChI is InChI=1S/C11H22N2O2/c1-11(8-13-9-11)15-5-3-12-6-10-2-4-14-7-10/h10,12-13H,2-9H2,1H3. The van der Waals surface area contributed by atoms with Gasteiger partial charge in [0.15, 0.2) is 0 Å². The molecule has 0 aromatic carbocycles. The fraction of sp³-hybridized carbons (Fsp3) is 1.00. The Balaban J connectivity index is 1.44. The SMILES string of the molecule is CC1(OCCNCC2CCOC2)CNC1. The van der Waals surface area contributed by atoms with Crippen LogP contribution in [0.15, 0.2) is 0 Å². The molecule has 0 bridgehead atoms. The molecule has 0 saturated carbocycles. The molecule has 0 aliphatic carbocycles. The van der Waals surface area contributed by atoms with Crippen molar-refractivity contribution >= 4 is 0 Å².